The summed E-state index contributed by atoms with van der Waals surface area (Å²) < 4.78 is 1.95. The van der Waals surface area contributed by atoms with Gasteiger partial charge in [0.25, 0.3) is 0 Å². The first kappa shape index (κ1) is 17.2. The van der Waals surface area contributed by atoms with E-state index in [0.29, 0.717) is 24.5 Å². The summed E-state index contributed by atoms with van der Waals surface area (Å²) in [5.41, 5.74) is 1.39. The van der Waals surface area contributed by atoms with Gasteiger partial charge in [-0.05, 0) is 50.1 Å². The molecule has 0 bridgehead atoms. The zero-order chi connectivity index (χ0) is 17.8. The smallest absolute Gasteiger partial charge is 0.234 e. The standard InChI is InChI=1S/C20H27N5O/c26-20(13-24-11-10-17(12-24)16-4-2-1-3-5-16)23-18-6-8-19(9-7-18)25-15-21-14-22-25/h1-5,14-15,17-19H,6-13H2,(H,23,26). The molecule has 1 saturated carbocycles. The first-order valence-electron chi connectivity index (χ1n) is 9.68. The molecule has 1 aliphatic heterocycles. The van der Waals surface area contributed by atoms with Crippen molar-refractivity contribution in [1.29, 1.82) is 0 Å². The zero-order valence-corrected chi connectivity index (χ0v) is 15.1. The van der Waals surface area contributed by atoms with Crippen LogP contribution in [0.1, 0.15) is 49.6 Å². The highest BCUT2D eigenvalue weighted by Gasteiger charge is 2.27. The van der Waals surface area contributed by atoms with Gasteiger partial charge in [0, 0.05) is 12.6 Å². The summed E-state index contributed by atoms with van der Waals surface area (Å²) in [7, 11) is 0. The molecule has 0 radical (unpaired) electrons. The third-order valence-corrected chi connectivity index (χ3v) is 5.78. The number of benzene rings is 1. The molecule has 1 N–H and O–H groups in total. The van der Waals surface area contributed by atoms with Crippen LogP contribution in [0.3, 0.4) is 0 Å². The average molecular weight is 353 g/mol. The minimum absolute atomic E-state index is 0.169. The minimum Gasteiger partial charge on any atom is -0.352 e. The molecule has 6 heteroatoms. The molecule has 1 amide bonds. The minimum atomic E-state index is 0.169. The van der Waals surface area contributed by atoms with Crippen LogP contribution in [0.4, 0.5) is 0 Å². The Morgan fingerprint density at radius 1 is 1.12 bits per heavy atom. The van der Waals surface area contributed by atoms with Gasteiger partial charge in [-0.3, -0.25) is 9.69 Å². The summed E-state index contributed by atoms with van der Waals surface area (Å²) in [5, 5.41) is 7.48. The van der Waals surface area contributed by atoms with Gasteiger partial charge in [-0.15, -0.1) is 0 Å². The van der Waals surface area contributed by atoms with E-state index in [1.165, 1.54) is 5.56 Å². The third-order valence-electron chi connectivity index (χ3n) is 5.78. The predicted molar refractivity (Wildman–Crippen MR) is 99.7 cm³/mol. The Kier molecular flexibility index (Phi) is 5.29. The average Bonchev–Trinajstić information content (AvgIpc) is 3.35. The van der Waals surface area contributed by atoms with Gasteiger partial charge in [-0.25, -0.2) is 9.67 Å². The number of aromatic nitrogens is 3. The molecule has 1 aliphatic carbocycles. The van der Waals surface area contributed by atoms with Crippen molar-refractivity contribution in [2.75, 3.05) is 19.6 Å². The Balaban J connectivity index is 1.20. The monoisotopic (exact) mass is 353 g/mol. The van der Waals surface area contributed by atoms with Crippen molar-refractivity contribution < 1.29 is 4.79 Å². The SMILES string of the molecule is O=C(CN1CCC(c2ccccc2)C1)NC1CCC(n2cncn2)CC1. The maximum absolute atomic E-state index is 12.4. The Morgan fingerprint density at radius 2 is 1.92 bits per heavy atom. The number of amides is 1. The molecule has 2 fully saturated rings. The Labute approximate surface area is 154 Å². The highest BCUT2D eigenvalue weighted by atomic mass is 16.2. The van der Waals surface area contributed by atoms with Crippen molar-refractivity contribution in [2.45, 2.75) is 50.1 Å². The molecule has 26 heavy (non-hydrogen) atoms. The van der Waals surface area contributed by atoms with Gasteiger partial charge in [0.15, 0.2) is 0 Å². The van der Waals surface area contributed by atoms with Gasteiger partial charge < -0.3 is 5.32 Å². The first-order valence-corrected chi connectivity index (χ1v) is 9.68. The van der Waals surface area contributed by atoms with E-state index in [0.717, 1.165) is 45.2 Å². The van der Waals surface area contributed by atoms with Crippen LogP contribution in [-0.4, -0.2) is 51.2 Å². The number of hydrogen-bond donors (Lipinski definition) is 1. The van der Waals surface area contributed by atoms with Crippen LogP contribution in [0.2, 0.25) is 0 Å². The second-order valence-electron chi connectivity index (χ2n) is 7.58. The number of nitrogens with zero attached hydrogens (tertiary/aromatic N) is 4. The lowest BCUT2D eigenvalue weighted by Gasteiger charge is -2.29. The van der Waals surface area contributed by atoms with Crippen LogP contribution < -0.4 is 5.32 Å². The molecule has 6 nitrogen and oxygen atoms in total. The van der Waals surface area contributed by atoms with Crippen LogP contribution in [0.15, 0.2) is 43.0 Å². The molecule has 4 rings (SSSR count). The largest absolute Gasteiger partial charge is 0.352 e. The van der Waals surface area contributed by atoms with Crippen molar-refractivity contribution in [3.05, 3.63) is 48.5 Å². The number of carbonyl (C=O) groups is 1. The molecular formula is C20H27N5O. The van der Waals surface area contributed by atoms with Crippen LogP contribution >= 0.6 is 0 Å². The van der Waals surface area contributed by atoms with Crippen LogP contribution in [0, 0.1) is 0 Å². The first-order chi connectivity index (χ1) is 12.8. The molecule has 2 heterocycles. The lowest BCUT2D eigenvalue weighted by Crippen LogP contribution is -2.43. The summed E-state index contributed by atoms with van der Waals surface area (Å²) in [6.07, 6.45) is 8.65. The number of rotatable bonds is 5. The Hall–Kier alpha value is -2.21. The molecule has 2 aromatic rings. The van der Waals surface area contributed by atoms with Gasteiger partial charge in [0.05, 0.1) is 12.6 Å². The van der Waals surface area contributed by atoms with E-state index in [1.54, 1.807) is 12.7 Å². The molecule has 1 atom stereocenters. The third kappa shape index (κ3) is 4.12. The fraction of sp³-hybridized carbons (Fsp3) is 0.550. The molecular weight excluding hydrogens is 326 g/mol. The molecule has 2 aliphatic rings. The van der Waals surface area contributed by atoms with Gasteiger partial charge >= 0.3 is 0 Å². The van der Waals surface area contributed by atoms with Crippen molar-refractivity contribution >= 4 is 5.91 Å². The number of likely N-dealkylation sites (tertiary alicyclic amines) is 1. The summed E-state index contributed by atoms with van der Waals surface area (Å²) in [5.74, 6) is 0.727. The molecule has 0 spiro atoms. The van der Waals surface area contributed by atoms with E-state index in [1.807, 2.05) is 4.68 Å². The van der Waals surface area contributed by atoms with Crippen LogP contribution in [0.25, 0.3) is 0 Å². The highest BCUT2D eigenvalue weighted by molar-refractivity contribution is 5.78. The van der Waals surface area contributed by atoms with Crippen molar-refractivity contribution in [1.82, 2.24) is 25.0 Å². The van der Waals surface area contributed by atoms with E-state index in [9.17, 15) is 4.79 Å². The van der Waals surface area contributed by atoms with Gasteiger partial charge in [0.2, 0.25) is 5.91 Å². The summed E-state index contributed by atoms with van der Waals surface area (Å²) in [6.45, 7) is 2.51. The lowest BCUT2D eigenvalue weighted by molar-refractivity contribution is -0.123. The number of hydrogen-bond acceptors (Lipinski definition) is 4. The fourth-order valence-electron chi connectivity index (χ4n) is 4.34. The van der Waals surface area contributed by atoms with Gasteiger partial charge in [-0.1, -0.05) is 30.3 Å². The predicted octanol–water partition coefficient (Wildman–Crippen LogP) is 2.37. The Bertz CT molecular complexity index is 694. The highest BCUT2D eigenvalue weighted by Crippen LogP contribution is 2.28. The topological polar surface area (TPSA) is 63.1 Å². The van der Waals surface area contributed by atoms with Crippen molar-refractivity contribution in [3.8, 4) is 0 Å². The van der Waals surface area contributed by atoms with E-state index < -0.39 is 0 Å². The lowest BCUT2D eigenvalue weighted by atomic mass is 9.91. The summed E-state index contributed by atoms with van der Waals surface area (Å²) in [6, 6.07) is 11.4. The number of carbonyl (C=O) groups excluding carboxylic acids is 1. The zero-order valence-electron chi connectivity index (χ0n) is 15.1. The van der Waals surface area contributed by atoms with Gasteiger partial charge in [-0.2, -0.15) is 5.10 Å². The summed E-state index contributed by atoms with van der Waals surface area (Å²) >= 11 is 0. The molecule has 1 unspecified atom stereocenters. The van der Waals surface area contributed by atoms with Crippen molar-refractivity contribution in [2.24, 2.45) is 0 Å². The molecule has 1 aromatic heterocycles. The molecule has 1 aromatic carbocycles. The van der Waals surface area contributed by atoms with E-state index >= 15 is 0 Å². The van der Waals surface area contributed by atoms with E-state index in [4.69, 9.17) is 0 Å². The van der Waals surface area contributed by atoms with Crippen LogP contribution in [0.5, 0.6) is 0 Å². The summed E-state index contributed by atoms with van der Waals surface area (Å²) in [4.78, 5) is 18.8. The molecule has 1 saturated heterocycles. The molecule has 138 valence electrons. The quantitative estimate of drug-likeness (QED) is 0.896. The fourth-order valence-corrected chi connectivity index (χ4v) is 4.34. The second-order valence-corrected chi connectivity index (χ2v) is 7.58. The second kappa shape index (κ2) is 7.99. The van der Waals surface area contributed by atoms with E-state index in [-0.39, 0.29) is 5.91 Å². The maximum Gasteiger partial charge on any atom is 0.234 e. The van der Waals surface area contributed by atoms with Gasteiger partial charge in [0.1, 0.15) is 12.7 Å². The van der Waals surface area contributed by atoms with E-state index in [2.05, 4.69) is 50.6 Å². The van der Waals surface area contributed by atoms with Crippen molar-refractivity contribution in [3.63, 3.8) is 0 Å². The maximum atomic E-state index is 12.4. The number of nitrogens with one attached hydrogen (secondary N) is 1. The van der Waals surface area contributed by atoms with Crippen LogP contribution in [-0.2, 0) is 4.79 Å². The normalized spacial score (nSPS) is 26.7. The Morgan fingerprint density at radius 3 is 2.65 bits per heavy atom.